The number of hydrogen-bond donors (Lipinski definition) is 0. The van der Waals surface area contributed by atoms with Gasteiger partial charge >= 0.3 is 0 Å². The Hall–Kier alpha value is -0.700. The Morgan fingerprint density at radius 2 is 2.00 bits per heavy atom. The smallest absolute Gasteiger partial charge is 0.0702 e. The molecule has 4 rings (SSSR count). The summed E-state index contributed by atoms with van der Waals surface area (Å²) in [7, 11) is 0. The van der Waals surface area contributed by atoms with Crippen molar-refractivity contribution in [2.24, 2.45) is 0 Å². The lowest BCUT2D eigenvalue weighted by Gasteiger charge is -2.39. The molecule has 1 spiro atoms. The van der Waals surface area contributed by atoms with Gasteiger partial charge in [-0.15, -0.1) is 0 Å². The summed E-state index contributed by atoms with van der Waals surface area (Å²) in [6, 6.07) is 6.44. The maximum atomic E-state index is 6.31. The van der Waals surface area contributed by atoms with Gasteiger partial charge in [0.05, 0.1) is 16.1 Å². The minimum absolute atomic E-state index is 0.127. The van der Waals surface area contributed by atoms with Crippen LogP contribution in [0.15, 0.2) is 24.4 Å². The summed E-state index contributed by atoms with van der Waals surface area (Å²) in [4.78, 5) is 0. The number of ether oxygens (including phenoxy) is 1. The van der Waals surface area contributed by atoms with E-state index in [1.54, 1.807) is 0 Å². The van der Waals surface area contributed by atoms with Crippen LogP contribution < -0.4 is 0 Å². The molecule has 2 heterocycles. The zero-order valence-electron chi connectivity index (χ0n) is 11.9. The van der Waals surface area contributed by atoms with Crippen molar-refractivity contribution in [3.05, 3.63) is 34.4 Å². The molecule has 4 heteroatoms. The van der Waals surface area contributed by atoms with Crippen molar-refractivity contribution in [3.8, 4) is 0 Å². The first-order chi connectivity index (χ1) is 10.2. The summed E-state index contributed by atoms with van der Waals surface area (Å²) >= 11 is 12.5. The number of rotatable bonds is 1. The molecule has 1 saturated heterocycles. The molecule has 1 aliphatic carbocycles. The number of fused-ring (bicyclic) bond motifs is 1. The van der Waals surface area contributed by atoms with Crippen molar-refractivity contribution in [1.82, 2.24) is 4.57 Å². The Bertz CT molecular complexity index is 673. The van der Waals surface area contributed by atoms with Crippen LogP contribution in [0.2, 0.25) is 10.0 Å². The third-order valence-corrected chi connectivity index (χ3v) is 5.66. The van der Waals surface area contributed by atoms with E-state index in [1.807, 2.05) is 12.1 Å². The molecule has 112 valence electrons. The fourth-order valence-electron chi connectivity index (χ4n) is 4.11. The van der Waals surface area contributed by atoms with E-state index in [4.69, 9.17) is 27.9 Å². The van der Waals surface area contributed by atoms with Crippen LogP contribution in [0.3, 0.4) is 0 Å². The van der Waals surface area contributed by atoms with Crippen LogP contribution in [0, 0.1) is 0 Å². The highest BCUT2D eigenvalue weighted by molar-refractivity contribution is 6.38. The van der Waals surface area contributed by atoms with Crippen molar-refractivity contribution >= 4 is 34.1 Å². The van der Waals surface area contributed by atoms with E-state index in [1.165, 1.54) is 25.7 Å². The average molecular weight is 324 g/mol. The van der Waals surface area contributed by atoms with E-state index < -0.39 is 0 Å². The van der Waals surface area contributed by atoms with Crippen molar-refractivity contribution < 1.29 is 4.74 Å². The largest absolute Gasteiger partial charge is 0.375 e. The van der Waals surface area contributed by atoms with E-state index in [0.717, 1.165) is 35.4 Å². The molecule has 0 radical (unpaired) electrons. The Balaban J connectivity index is 1.73. The average Bonchev–Trinajstić information content (AvgIpc) is 3.06. The Morgan fingerprint density at radius 3 is 2.81 bits per heavy atom. The first-order valence-electron chi connectivity index (χ1n) is 7.76. The Morgan fingerprint density at radius 1 is 1.19 bits per heavy atom. The van der Waals surface area contributed by atoms with Gasteiger partial charge in [0, 0.05) is 29.3 Å². The molecule has 2 nitrogen and oxygen atoms in total. The second-order valence-corrected chi connectivity index (χ2v) is 7.27. The highest BCUT2D eigenvalue weighted by Crippen LogP contribution is 2.44. The molecule has 0 amide bonds. The lowest BCUT2D eigenvalue weighted by Crippen LogP contribution is -2.37. The van der Waals surface area contributed by atoms with E-state index in [0.29, 0.717) is 11.1 Å². The van der Waals surface area contributed by atoms with Crippen LogP contribution in [-0.4, -0.2) is 16.8 Å². The molecule has 0 bridgehead atoms. The highest BCUT2D eigenvalue weighted by Gasteiger charge is 2.40. The standard InChI is InChI=1S/C17H19Cl2NO/c18-12-9-15(19)14-3-7-20(16(14)10-12)13-4-8-21-17(11-13)5-1-2-6-17/h3,7,9-10,13H,1-2,4-6,8,11H2. The molecule has 2 aromatic rings. The summed E-state index contributed by atoms with van der Waals surface area (Å²) in [6.07, 6.45) is 9.37. The fourth-order valence-corrected chi connectivity index (χ4v) is 4.66. The molecule has 1 saturated carbocycles. The number of nitrogens with zero attached hydrogens (tertiary/aromatic N) is 1. The number of aromatic nitrogens is 1. The molecule has 1 aromatic heterocycles. The molecular weight excluding hydrogens is 305 g/mol. The summed E-state index contributed by atoms with van der Waals surface area (Å²) in [6.45, 7) is 0.860. The van der Waals surface area contributed by atoms with E-state index in [-0.39, 0.29) is 5.60 Å². The molecular formula is C17H19Cl2NO. The Kier molecular flexibility index (Phi) is 3.44. The van der Waals surface area contributed by atoms with Gasteiger partial charge in [-0.2, -0.15) is 0 Å². The quantitative estimate of drug-likeness (QED) is 0.665. The number of halogens is 2. The van der Waals surface area contributed by atoms with Gasteiger partial charge in [0.25, 0.3) is 0 Å². The summed E-state index contributed by atoms with van der Waals surface area (Å²) in [5, 5.41) is 2.53. The van der Waals surface area contributed by atoms with Crippen LogP contribution in [-0.2, 0) is 4.74 Å². The number of hydrogen-bond acceptors (Lipinski definition) is 1. The van der Waals surface area contributed by atoms with Crippen molar-refractivity contribution in [1.29, 1.82) is 0 Å². The minimum atomic E-state index is 0.127. The normalized spacial score (nSPS) is 25.0. The summed E-state index contributed by atoms with van der Waals surface area (Å²) in [5.74, 6) is 0. The Labute approximate surface area is 135 Å². The van der Waals surface area contributed by atoms with Gasteiger partial charge in [-0.1, -0.05) is 36.0 Å². The SMILES string of the molecule is Clc1cc(Cl)c2ccn(C3CCOC4(CCCC4)C3)c2c1. The zero-order valence-corrected chi connectivity index (χ0v) is 13.5. The van der Waals surface area contributed by atoms with Gasteiger partial charge in [-0.3, -0.25) is 0 Å². The van der Waals surface area contributed by atoms with Gasteiger partial charge in [0.2, 0.25) is 0 Å². The minimum Gasteiger partial charge on any atom is -0.375 e. The molecule has 1 atom stereocenters. The second kappa shape index (κ2) is 5.19. The maximum absolute atomic E-state index is 6.31. The lowest BCUT2D eigenvalue weighted by molar-refractivity contribution is -0.0889. The molecule has 0 N–H and O–H groups in total. The third kappa shape index (κ3) is 2.38. The van der Waals surface area contributed by atoms with Gasteiger partial charge in [-0.25, -0.2) is 0 Å². The maximum Gasteiger partial charge on any atom is 0.0702 e. The van der Waals surface area contributed by atoms with Crippen LogP contribution in [0.25, 0.3) is 10.9 Å². The number of benzene rings is 1. The van der Waals surface area contributed by atoms with Crippen LogP contribution >= 0.6 is 23.2 Å². The third-order valence-electron chi connectivity index (χ3n) is 5.13. The topological polar surface area (TPSA) is 14.2 Å². The lowest BCUT2D eigenvalue weighted by atomic mass is 9.88. The fraction of sp³-hybridized carbons (Fsp3) is 0.529. The van der Waals surface area contributed by atoms with Crippen molar-refractivity contribution in [2.75, 3.05) is 6.61 Å². The molecule has 21 heavy (non-hydrogen) atoms. The van der Waals surface area contributed by atoms with Gasteiger partial charge in [0.15, 0.2) is 0 Å². The predicted octanol–water partition coefficient (Wildman–Crippen LogP) is 5.61. The molecule has 1 unspecified atom stereocenters. The van der Waals surface area contributed by atoms with Crippen LogP contribution in [0.1, 0.15) is 44.6 Å². The van der Waals surface area contributed by atoms with Crippen molar-refractivity contribution in [2.45, 2.75) is 50.2 Å². The molecule has 2 fully saturated rings. The summed E-state index contributed by atoms with van der Waals surface area (Å²) in [5.41, 5.74) is 1.27. The monoisotopic (exact) mass is 323 g/mol. The first kappa shape index (κ1) is 13.9. The van der Waals surface area contributed by atoms with E-state index >= 15 is 0 Å². The second-order valence-electron chi connectivity index (χ2n) is 6.43. The van der Waals surface area contributed by atoms with E-state index in [9.17, 15) is 0 Å². The van der Waals surface area contributed by atoms with E-state index in [2.05, 4.69) is 16.8 Å². The first-order valence-corrected chi connectivity index (χ1v) is 8.52. The zero-order chi connectivity index (χ0) is 14.4. The molecule has 1 aromatic carbocycles. The van der Waals surface area contributed by atoms with Gasteiger partial charge < -0.3 is 9.30 Å². The summed E-state index contributed by atoms with van der Waals surface area (Å²) < 4.78 is 8.51. The van der Waals surface area contributed by atoms with Crippen molar-refractivity contribution in [3.63, 3.8) is 0 Å². The molecule has 2 aliphatic rings. The highest BCUT2D eigenvalue weighted by atomic mass is 35.5. The van der Waals surface area contributed by atoms with Crippen LogP contribution in [0.5, 0.6) is 0 Å². The van der Waals surface area contributed by atoms with Crippen LogP contribution in [0.4, 0.5) is 0 Å². The van der Waals surface area contributed by atoms with Gasteiger partial charge in [-0.05, 0) is 43.9 Å². The predicted molar refractivity (Wildman–Crippen MR) is 87.4 cm³/mol. The van der Waals surface area contributed by atoms with Gasteiger partial charge in [0.1, 0.15) is 0 Å². The molecule has 1 aliphatic heterocycles.